The van der Waals surface area contributed by atoms with Gasteiger partial charge in [-0.3, -0.25) is 10.1 Å². The van der Waals surface area contributed by atoms with E-state index in [0.29, 0.717) is 42.8 Å². The van der Waals surface area contributed by atoms with E-state index in [2.05, 4.69) is 9.97 Å². The Morgan fingerprint density at radius 3 is 2.54 bits per heavy atom. The molecular formula is C19H26N4O5. The topological polar surface area (TPSA) is 111 Å². The van der Waals surface area contributed by atoms with Crippen LogP contribution in [0.4, 0.5) is 10.5 Å². The van der Waals surface area contributed by atoms with Crippen LogP contribution in [0, 0.1) is 24.0 Å². The molecule has 2 heterocycles. The van der Waals surface area contributed by atoms with Gasteiger partial charge in [0, 0.05) is 25.9 Å². The average molecular weight is 390 g/mol. The van der Waals surface area contributed by atoms with Crippen molar-refractivity contribution in [3.8, 4) is 5.75 Å². The Morgan fingerprint density at radius 2 is 1.96 bits per heavy atom. The molecule has 1 aliphatic rings. The number of aromatic nitrogens is 2. The number of H-pyrrole nitrogens is 1. The number of carbonyl (C=O) groups excluding carboxylic acids is 1. The summed E-state index contributed by atoms with van der Waals surface area (Å²) in [5.41, 5.74) is 1.13. The van der Waals surface area contributed by atoms with Gasteiger partial charge in [-0.2, -0.15) is 0 Å². The van der Waals surface area contributed by atoms with Crippen molar-refractivity contribution in [2.24, 2.45) is 0 Å². The van der Waals surface area contributed by atoms with Crippen molar-refractivity contribution in [3.63, 3.8) is 0 Å². The van der Waals surface area contributed by atoms with Gasteiger partial charge in [-0.05, 0) is 46.2 Å². The Labute approximate surface area is 163 Å². The fourth-order valence-electron chi connectivity index (χ4n) is 3.34. The van der Waals surface area contributed by atoms with E-state index in [0.717, 1.165) is 5.56 Å². The zero-order chi connectivity index (χ0) is 20.6. The van der Waals surface area contributed by atoms with Gasteiger partial charge in [-0.15, -0.1) is 0 Å². The number of hydrogen-bond donors (Lipinski definition) is 1. The first kappa shape index (κ1) is 19.9. The van der Waals surface area contributed by atoms with Crippen LogP contribution in [-0.4, -0.2) is 50.7 Å². The molecule has 0 bridgehead atoms. The second-order valence-corrected chi connectivity index (χ2v) is 8.13. The molecule has 9 nitrogen and oxygen atoms in total. The fraction of sp³-hybridized carbons (Fsp3) is 0.579. The maximum absolute atomic E-state index is 12.2. The summed E-state index contributed by atoms with van der Waals surface area (Å²) in [5.74, 6) is 0.846. The lowest BCUT2D eigenvalue weighted by Gasteiger charge is -2.33. The second kappa shape index (κ2) is 7.29. The molecule has 3 rings (SSSR count). The number of ether oxygens (including phenoxy) is 2. The lowest BCUT2D eigenvalue weighted by Crippen LogP contribution is -2.44. The summed E-state index contributed by atoms with van der Waals surface area (Å²) in [7, 11) is 0. The first-order valence-electron chi connectivity index (χ1n) is 9.34. The van der Waals surface area contributed by atoms with Crippen LogP contribution in [0.15, 0.2) is 6.07 Å². The van der Waals surface area contributed by atoms with Crippen molar-refractivity contribution in [1.82, 2.24) is 14.9 Å². The largest absolute Gasteiger partial charge is 0.483 e. The van der Waals surface area contributed by atoms with E-state index in [1.165, 1.54) is 0 Å². The number of fused-ring (bicyclic) bond motifs is 1. The fourth-order valence-corrected chi connectivity index (χ4v) is 3.34. The molecule has 9 heteroatoms. The molecule has 0 aliphatic carbocycles. The zero-order valence-electron chi connectivity index (χ0n) is 16.9. The molecule has 0 saturated carbocycles. The third-order valence-corrected chi connectivity index (χ3v) is 4.58. The molecule has 1 aromatic heterocycles. The van der Waals surface area contributed by atoms with Gasteiger partial charge in [-0.1, -0.05) is 0 Å². The molecule has 1 aliphatic heterocycles. The van der Waals surface area contributed by atoms with Gasteiger partial charge in [0.25, 0.3) is 0 Å². The second-order valence-electron chi connectivity index (χ2n) is 8.13. The molecule has 1 amide bonds. The molecule has 1 N–H and O–H groups in total. The molecule has 28 heavy (non-hydrogen) atoms. The average Bonchev–Trinajstić information content (AvgIpc) is 2.95. The number of nitro benzene ring substituents is 1. The van der Waals surface area contributed by atoms with Gasteiger partial charge < -0.3 is 19.4 Å². The number of hydrogen-bond acceptors (Lipinski definition) is 6. The summed E-state index contributed by atoms with van der Waals surface area (Å²) in [5, 5.41) is 11.7. The van der Waals surface area contributed by atoms with Gasteiger partial charge in [0.05, 0.1) is 10.4 Å². The predicted molar refractivity (Wildman–Crippen MR) is 104 cm³/mol. The standard InChI is InChI=1S/C19H26N4O5/c1-11-10-14(17(23(25)26)16-15(11)20-12(2)21-16)27-13-6-8-22(9-7-13)18(24)28-19(3,4)5/h10,13H,6-9H2,1-5H3,(H,20,21). The molecule has 0 spiro atoms. The van der Waals surface area contributed by atoms with Gasteiger partial charge in [0.2, 0.25) is 0 Å². The number of nitro groups is 1. The Morgan fingerprint density at radius 1 is 1.32 bits per heavy atom. The maximum atomic E-state index is 12.2. The molecular weight excluding hydrogens is 364 g/mol. The maximum Gasteiger partial charge on any atom is 0.410 e. The minimum absolute atomic E-state index is 0.101. The molecule has 0 radical (unpaired) electrons. The number of carbonyl (C=O) groups is 1. The number of amides is 1. The van der Waals surface area contributed by atoms with E-state index in [9.17, 15) is 14.9 Å². The molecule has 2 aromatic rings. The minimum Gasteiger partial charge on any atom is -0.483 e. The lowest BCUT2D eigenvalue weighted by molar-refractivity contribution is -0.384. The van der Waals surface area contributed by atoms with Crippen LogP contribution < -0.4 is 4.74 Å². The third-order valence-electron chi connectivity index (χ3n) is 4.58. The number of aromatic amines is 1. The van der Waals surface area contributed by atoms with Crippen molar-refractivity contribution < 1.29 is 19.2 Å². The van der Waals surface area contributed by atoms with Crippen LogP contribution in [0.2, 0.25) is 0 Å². The van der Waals surface area contributed by atoms with E-state index in [4.69, 9.17) is 9.47 Å². The number of imidazole rings is 1. The number of rotatable bonds is 3. The van der Waals surface area contributed by atoms with Crippen LogP contribution in [0.1, 0.15) is 45.0 Å². The minimum atomic E-state index is -0.541. The highest BCUT2D eigenvalue weighted by molar-refractivity contribution is 5.90. The van der Waals surface area contributed by atoms with Crippen LogP contribution in [0.25, 0.3) is 11.0 Å². The number of benzene rings is 1. The van der Waals surface area contributed by atoms with Crippen molar-refractivity contribution >= 4 is 22.8 Å². The van der Waals surface area contributed by atoms with Gasteiger partial charge >= 0.3 is 11.8 Å². The number of nitrogens with zero attached hydrogens (tertiary/aromatic N) is 3. The van der Waals surface area contributed by atoms with E-state index in [1.54, 1.807) is 17.9 Å². The summed E-state index contributed by atoms with van der Waals surface area (Å²) in [6.07, 6.45) is 0.603. The molecule has 1 saturated heterocycles. The number of aryl methyl sites for hydroxylation is 2. The number of piperidine rings is 1. The smallest absolute Gasteiger partial charge is 0.410 e. The number of likely N-dealkylation sites (tertiary alicyclic amines) is 1. The SMILES string of the molecule is Cc1nc2c(C)cc(OC3CCN(C(=O)OC(C)(C)C)CC3)c([N+](=O)[O-])c2[nH]1. The quantitative estimate of drug-likeness (QED) is 0.629. The lowest BCUT2D eigenvalue weighted by atomic mass is 10.1. The first-order chi connectivity index (χ1) is 13.0. The predicted octanol–water partition coefficient (Wildman–Crippen LogP) is 3.87. The summed E-state index contributed by atoms with van der Waals surface area (Å²) >= 11 is 0. The Balaban J connectivity index is 1.75. The number of nitrogens with one attached hydrogen (secondary N) is 1. The highest BCUT2D eigenvalue weighted by Gasteiger charge is 2.30. The van der Waals surface area contributed by atoms with Crippen molar-refractivity contribution in [2.75, 3.05) is 13.1 Å². The zero-order valence-corrected chi connectivity index (χ0v) is 16.9. The Kier molecular flexibility index (Phi) is 5.18. The highest BCUT2D eigenvalue weighted by Crippen LogP contribution is 2.37. The molecule has 0 unspecified atom stereocenters. The summed E-state index contributed by atoms with van der Waals surface area (Å²) in [6.45, 7) is 10.1. The highest BCUT2D eigenvalue weighted by atomic mass is 16.6. The third kappa shape index (κ3) is 4.18. The molecule has 0 atom stereocenters. The van der Waals surface area contributed by atoms with Crippen LogP contribution in [0.3, 0.4) is 0 Å². The summed E-state index contributed by atoms with van der Waals surface area (Å²) in [4.78, 5) is 32.4. The first-order valence-corrected chi connectivity index (χ1v) is 9.34. The Hall–Kier alpha value is -2.84. The molecule has 1 fully saturated rings. The van der Waals surface area contributed by atoms with Crippen molar-refractivity contribution in [1.29, 1.82) is 0 Å². The van der Waals surface area contributed by atoms with Gasteiger partial charge in [-0.25, -0.2) is 9.78 Å². The van der Waals surface area contributed by atoms with Crippen molar-refractivity contribution in [2.45, 2.75) is 59.2 Å². The van der Waals surface area contributed by atoms with E-state index in [1.807, 2.05) is 27.7 Å². The summed E-state index contributed by atoms with van der Waals surface area (Å²) in [6, 6.07) is 1.67. The van der Waals surface area contributed by atoms with Crippen LogP contribution >= 0.6 is 0 Å². The molecule has 152 valence electrons. The Bertz CT molecular complexity index is 907. The van der Waals surface area contributed by atoms with E-state index < -0.39 is 10.5 Å². The van der Waals surface area contributed by atoms with Crippen LogP contribution in [0.5, 0.6) is 5.75 Å². The van der Waals surface area contributed by atoms with Gasteiger partial charge in [0.1, 0.15) is 23.0 Å². The normalized spacial score (nSPS) is 15.7. The summed E-state index contributed by atoms with van der Waals surface area (Å²) < 4.78 is 11.4. The van der Waals surface area contributed by atoms with Gasteiger partial charge in [0.15, 0.2) is 5.75 Å². The van der Waals surface area contributed by atoms with Crippen LogP contribution in [-0.2, 0) is 4.74 Å². The molecule has 1 aromatic carbocycles. The van der Waals surface area contributed by atoms with E-state index in [-0.39, 0.29) is 23.6 Å². The van der Waals surface area contributed by atoms with E-state index >= 15 is 0 Å². The van der Waals surface area contributed by atoms with Crippen molar-refractivity contribution in [3.05, 3.63) is 27.6 Å². The monoisotopic (exact) mass is 390 g/mol.